The predicted molar refractivity (Wildman–Crippen MR) is 92.5 cm³/mol. The Bertz CT molecular complexity index is 682. The Morgan fingerprint density at radius 1 is 1.17 bits per heavy atom. The Hall–Kier alpha value is -2.50. The van der Waals surface area contributed by atoms with Gasteiger partial charge >= 0.3 is 0 Å². The summed E-state index contributed by atoms with van der Waals surface area (Å²) in [5.41, 5.74) is 1.58. The number of hydrogen-bond acceptors (Lipinski definition) is 4. The van der Waals surface area contributed by atoms with E-state index in [0.29, 0.717) is 36.8 Å². The van der Waals surface area contributed by atoms with E-state index < -0.39 is 0 Å². The van der Waals surface area contributed by atoms with Crippen LogP contribution in [0, 0.1) is 0 Å². The molecule has 0 aliphatic heterocycles. The highest BCUT2D eigenvalue weighted by atomic mass is 16.5. The number of aryl methyl sites for hydroxylation is 1. The summed E-state index contributed by atoms with van der Waals surface area (Å²) in [5, 5.41) is 4.23. The van der Waals surface area contributed by atoms with E-state index in [-0.39, 0.29) is 5.91 Å². The van der Waals surface area contributed by atoms with Crippen molar-refractivity contribution >= 4 is 5.91 Å². The van der Waals surface area contributed by atoms with Gasteiger partial charge in [-0.2, -0.15) is 5.10 Å². The van der Waals surface area contributed by atoms with E-state index in [1.54, 1.807) is 36.3 Å². The monoisotopic (exact) mass is 331 g/mol. The molecular weight excluding hydrogens is 306 g/mol. The zero-order valence-corrected chi connectivity index (χ0v) is 14.8. The fraction of sp³-hybridized carbons (Fsp3) is 0.444. The number of rotatable bonds is 8. The maximum Gasteiger partial charge on any atom is 0.254 e. The Balaban J connectivity index is 2.13. The molecule has 6 heteroatoms. The lowest BCUT2D eigenvalue weighted by atomic mass is 10.1. The molecule has 2 rings (SSSR count). The molecule has 1 heterocycles. The minimum absolute atomic E-state index is 0.0664. The number of benzene rings is 1. The highest BCUT2D eigenvalue weighted by Gasteiger charge is 2.16. The fourth-order valence-electron chi connectivity index (χ4n) is 2.41. The van der Waals surface area contributed by atoms with Crippen LogP contribution in [0.25, 0.3) is 0 Å². The summed E-state index contributed by atoms with van der Waals surface area (Å²) in [6, 6.07) is 5.29. The molecule has 6 nitrogen and oxygen atoms in total. The lowest BCUT2D eigenvalue weighted by Crippen LogP contribution is -2.26. The van der Waals surface area contributed by atoms with Crippen LogP contribution in [0.4, 0.5) is 0 Å². The molecule has 1 aromatic carbocycles. The molecule has 0 aliphatic rings. The fourth-order valence-corrected chi connectivity index (χ4v) is 2.41. The molecule has 1 amide bonds. The second-order valence-corrected chi connectivity index (χ2v) is 5.39. The van der Waals surface area contributed by atoms with Gasteiger partial charge in [0.15, 0.2) is 11.5 Å². The van der Waals surface area contributed by atoms with E-state index in [4.69, 9.17) is 9.47 Å². The third-order valence-electron chi connectivity index (χ3n) is 3.57. The van der Waals surface area contributed by atoms with Crippen molar-refractivity contribution < 1.29 is 14.3 Å². The maximum atomic E-state index is 12.7. The van der Waals surface area contributed by atoms with Crippen LogP contribution in [0.3, 0.4) is 0 Å². The number of nitrogens with zero attached hydrogens (tertiary/aromatic N) is 3. The second-order valence-electron chi connectivity index (χ2n) is 5.39. The average molecular weight is 331 g/mol. The third kappa shape index (κ3) is 4.28. The maximum absolute atomic E-state index is 12.7. The molecule has 0 saturated heterocycles. The van der Waals surface area contributed by atoms with Crippen LogP contribution in [0.1, 0.15) is 36.7 Å². The van der Waals surface area contributed by atoms with Gasteiger partial charge in [-0.25, -0.2) is 0 Å². The van der Waals surface area contributed by atoms with Gasteiger partial charge in [-0.1, -0.05) is 0 Å². The molecular formula is C18H25N3O3. The number of carbonyl (C=O) groups is 1. The highest BCUT2D eigenvalue weighted by Crippen LogP contribution is 2.29. The van der Waals surface area contributed by atoms with Gasteiger partial charge in [-0.15, -0.1) is 0 Å². The summed E-state index contributed by atoms with van der Waals surface area (Å²) >= 11 is 0. The molecule has 24 heavy (non-hydrogen) atoms. The quantitative estimate of drug-likeness (QED) is 0.746. The van der Waals surface area contributed by atoms with Gasteiger partial charge < -0.3 is 14.4 Å². The standard InChI is InChI=1S/C18H25N3O3/c1-5-21-13-14(11-19-21)12-20(4)18(22)15-8-9-16(23-6-2)17(10-15)24-7-3/h8-11,13H,5-7,12H2,1-4H3. The van der Waals surface area contributed by atoms with Crippen molar-refractivity contribution in [3.63, 3.8) is 0 Å². The highest BCUT2D eigenvalue weighted by molar-refractivity contribution is 5.94. The van der Waals surface area contributed by atoms with Gasteiger partial charge in [-0.3, -0.25) is 9.48 Å². The van der Waals surface area contributed by atoms with Crippen LogP contribution >= 0.6 is 0 Å². The summed E-state index contributed by atoms with van der Waals surface area (Å²) in [7, 11) is 1.78. The number of amides is 1. The Morgan fingerprint density at radius 2 is 1.88 bits per heavy atom. The third-order valence-corrected chi connectivity index (χ3v) is 3.57. The largest absolute Gasteiger partial charge is 0.490 e. The minimum Gasteiger partial charge on any atom is -0.490 e. The first-order chi connectivity index (χ1) is 11.6. The van der Waals surface area contributed by atoms with Crippen LogP contribution in [-0.2, 0) is 13.1 Å². The molecule has 0 bridgehead atoms. The van der Waals surface area contributed by atoms with E-state index in [9.17, 15) is 4.79 Å². The van der Waals surface area contributed by atoms with Gasteiger partial charge in [0.05, 0.1) is 19.4 Å². The van der Waals surface area contributed by atoms with Crippen LogP contribution in [-0.4, -0.2) is 40.8 Å². The molecule has 0 saturated carbocycles. The summed E-state index contributed by atoms with van der Waals surface area (Å²) < 4.78 is 13.0. The summed E-state index contributed by atoms with van der Waals surface area (Å²) in [6.45, 7) is 8.24. The van der Waals surface area contributed by atoms with E-state index in [1.165, 1.54) is 0 Å². The van der Waals surface area contributed by atoms with Gasteiger partial charge in [0.2, 0.25) is 0 Å². The molecule has 0 N–H and O–H groups in total. The lowest BCUT2D eigenvalue weighted by molar-refractivity contribution is 0.0784. The molecule has 0 unspecified atom stereocenters. The number of aromatic nitrogens is 2. The average Bonchev–Trinajstić information content (AvgIpc) is 3.03. The predicted octanol–water partition coefficient (Wildman–Crippen LogP) is 2.97. The first kappa shape index (κ1) is 17.8. The van der Waals surface area contributed by atoms with E-state index in [0.717, 1.165) is 12.1 Å². The first-order valence-corrected chi connectivity index (χ1v) is 8.25. The van der Waals surface area contributed by atoms with Crippen LogP contribution < -0.4 is 9.47 Å². The zero-order chi connectivity index (χ0) is 17.5. The minimum atomic E-state index is -0.0664. The van der Waals surface area contributed by atoms with Gasteiger partial charge in [0, 0.05) is 37.5 Å². The van der Waals surface area contributed by atoms with E-state index in [2.05, 4.69) is 5.10 Å². The molecule has 2 aromatic rings. The molecule has 0 aliphatic carbocycles. The van der Waals surface area contributed by atoms with Crippen LogP contribution in [0.15, 0.2) is 30.6 Å². The number of hydrogen-bond donors (Lipinski definition) is 0. The van der Waals surface area contributed by atoms with E-state index >= 15 is 0 Å². The summed E-state index contributed by atoms with van der Waals surface area (Å²) in [4.78, 5) is 14.3. The topological polar surface area (TPSA) is 56.6 Å². The van der Waals surface area contributed by atoms with Crippen molar-refractivity contribution in [3.8, 4) is 11.5 Å². The van der Waals surface area contributed by atoms with E-state index in [1.807, 2.05) is 31.6 Å². The van der Waals surface area contributed by atoms with Crippen molar-refractivity contribution in [2.45, 2.75) is 33.9 Å². The molecule has 0 fully saturated rings. The molecule has 130 valence electrons. The number of carbonyl (C=O) groups excluding carboxylic acids is 1. The lowest BCUT2D eigenvalue weighted by Gasteiger charge is -2.18. The van der Waals surface area contributed by atoms with Crippen molar-refractivity contribution in [2.24, 2.45) is 0 Å². The van der Waals surface area contributed by atoms with Crippen LogP contribution in [0.5, 0.6) is 11.5 Å². The Morgan fingerprint density at radius 3 is 2.50 bits per heavy atom. The first-order valence-electron chi connectivity index (χ1n) is 8.25. The van der Waals surface area contributed by atoms with Crippen molar-refractivity contribution in [3.05, 3.63) is 41.7 Å². The van der Waals surface area contributed by atoms with Crippen molar-refractivity contribution in [2.75, 3.05) is 20.3 Å². The second kappa shape index (κ2) is 8.38. The van der Waals surface area contributed by atoms with Gasteiger partial charge in [0.1, 0.15) is 0 Å². The van der Waals surface area contributed by atoms with Crippen LogP contribution in [0.2, 0.25) is 0 Å². The molecule has 1 aromatic heterocycles. The molecule has 0 spiro atoms. The molecule has 0 radical (unpaired) electrons. The van der Waals surface area contributed by atoms with Crippen molar-refractivity contribution in [1.29, 1.82) is 0 Å². The summed E-state index contributed by atoms with van der Waals surface area (Å²) in [5.74, 6) is 1.18. The number of ether oxygens (including phenoxy) is 2. The molecule has 0 atom stereocenters. The Kier molecular flexibility index (Phi) is 6.23. The Labute approximate surface area is 143 Å². The zero-order valence-electron chi connectivity index (χ0n) is 14.8. The van der Waals surface area contributed by atoms with Gasteiger partial charge in [-0.05, 0) is 39.0 Å². The van der Waals surface area contributed by atoms with Gasteiger partial charge in [0.25, 0.3) is 5.91 Å². The van der Waals surface area contributed by atoms with Crippen molar-refractivity contribution in [1.82, 2.24) is 14.7 Å². The smallest absolute Gasteiger partial charge is 0.254 e. The summed E-state index contributed by atoms with van der Waals surface area (Å²) in [6.07, 6.45) is 3.74. The normalized spacial score (nSPS) is 10.5. The SMILES string of the molecule is CCOc1ccc(C(=O)N(C)Cc2cnn(CC)c2)cc1OCC.